The Labute approximate surface area is 159 Å². The third kappa shape index (κ3) is 4.58. The van der Waals surface area contributed by atoms with Gasteiger partial charge in [-0.2, -0.15) is 0 Å². The Balaban J connectivity index is 2.23. The monoisotopic (exact) mass is 371 g/mol. The molecule has 0 aliphatic heterocycles. The van der Waals surface area contributed by atoms with Gasteiger partial charge >= 0.3 is 5.97 Å². The Bertz CT molecular complexity index is 864. The summed E-state index contributed by atoms with van der Waals surface area (Å²) in [6.07, 6.45) is 3.86. The van der Waals surface area contributed by atoms with Gasteiger partial charge in [0.05, 0.1) is 24.8 Å². The normalized spacial score (nSPS) is 10.9. The molecular formula is C21H25NO5. The van der Waals surface area contributed by atoms with Gasteiger partial charge in [0.1, 0.15) is 0 Å². The first-order valence-electron chi connectivity index (χ1n) is 8.75. The predicted molar refractivity (Wildman–Crippen MR) is 104 cm³/mol. The molecule has 0 fully saturated rings. The summed E-state index contributed by atoms with van der Waals surface area (Å²) in [4.78, 5) is 28.0. The van der Waals surface area contributed by atoms with Crippen LogP contribution in [0.4, 0.5) is 0 Å². The average molecular weight is 371 g/mol. The fourth-order valence-corrected chi connectivity index (χ4v) is 2.90. The van der Waals surface area contributed by atoms with Gasteiger partial charge < -0.3 is 19.2 Å². The summed E-state index contributed by atoms with van der Waals surface area (Å²) in [5.41, 5.74) is 2.74. The van der Waals surface area contributed by atoms with E-state index in [9.17, 15) is 9.59 Å². The van der Waals surface area contributed by atoms with Crippen LogP contribution in [0.2, 0.25) is 0 Å². The van der Waals surface area contributed by atoms with Crippen molar-refractivity contribution in [3.8, 4) is 11.5 Å². The minimum Gasteiger partial charge on any atom is -0.493 e. The fourth-order valence-electron chi connectivity index (χ4n) is 2.90. The number of carbonyl (C=O) groups is 2. The second-order valence-electron chi connectivity index (χ2n) is 5.97. The van der Waals surface area contributed by atoms with Crippen LogP contribution < -0.4 is 9.47 Å². The van der Waals surface area contributed by atoms with Gasteiger partial charge in [-0.15, -0.1) is 0 Å². The molecule has 1 N–H and O–H groups in total. The summed E-state index contributed by atoms with van der Waals surface area (Å²) in [6.45, 7) is 7.15. The summed E-state index contributed by atoms with van der Waals surface area (Å²) in [5, 5.41) is 0. The number of hydrogen-bond donors (Lipinski definition) is 1. The Kier molecular flexibility index (Phi) is 6.82. The minimum atomic E-state index is -0.518. The number of hydrogen-bond acceptors (Lipinski definition) is 5. The van der Waals surface area contributed by atoms with Crippen molar-refractivity contribution in [3.63, 3.8) is 0 Å². The number of allylic oxidation sites excluding steroid dienone is 1. The predicted octanol–water partition coefficient (Wildman–Crippen LogP) is 4.11. The van der Waals surface area contributed by atoms with Gasteiger partial charge in [-0.1, -0.05) is 18.2 Å². The van der Waals surface area contributed by atoms with E-state index in [4.69, 9.17) is 14.2 Å². The molecule has 0 saturated carbocycles. The second-order valence-corrected chi connectivity index (χ2v) is 5.97. The third-order valence-corrected chi connectivity index (χ3v) is 4.04. The Morgan fingerprint density at radius 2 is 1.81 bits per heavy atom. The zero-order chi connectivity index (χ0) is 20.0. The van der Waals surface area contributed by atoms with Gasteiger partial charge in [0.15, 0.2) is 18.1 Å². The fraction of sp³-hybridized carbons (Fsp3) is 0.333. The van der Waals surface area contributed by atoms with Crippen LogP contribution in [0.3, 0.4) is 0 Å². The number of ketones is 1. The van der Waals surface area contributed by atoms with Crippen LogP contribution in [-0.4, -0.2) is 37.1 Å². The summed E-state index contributed by atoms with van der Waals surface area (Å²) in [5.74, 6) is 0.170. The van der Waals surface area contributed by atoms with Crippen molar-refractivity contribution >= 4 is 17.8 Å². The Morgan fingerprint density at radius 3 is 2.44 bits per heavy atom. The van der Waals surface area contributed by atoms with E-state index in [0.29, 0.717) is 28.5 Å². The Morgan fingerprint density at radius 1 is 1.11 bits per heavy atom. The molecular weight excluding hydrogens is 346 g/mol. The summed E-state index contributed by atoms with van der Waals surface area (Å²) in [6, 6.07) is 5.45. The second kappa shape index (κ2) is 9.07. The molecule has 0 amide bonds. The van der Waals surface area contributed by atoms with Crippen LogP contribution in [0, 0.1) is 13.8 Å². The van der Waals surface area contributed by atoms with Gasteiger partial charge in [-0.3, -0.25) is 4.79 Å². The molecule has 27 heavy (non-hydrogen) atoms. The quantitative estimate of drug-likeness (QED) is 0.558. The molecule has 6 nitrogen and oxygen atoms in total. The molecule has 1 aromatic carbocycles. The third-order valence-electron chi connectivity index (χ3n) is 4.04. The van der Waals surface area contributed by atoms with Crippen molar-refractivity contribution in [1.29, 1.82) is 0 Å². The topological polar surface area (TPSA) is 77.6 Å². The van der Waals surface area contributed by atoms with Crippen molar-refractivity contribution < 1.29 is 23.8 Å². The number of aromatic amines is 1. The van der Waals surface area contributed by atoms with E-state index in [1.807, 2.05) is 31.2 Å². The number of H-pyrrole nitrogens is 1. The number of nitrogens with one attached hydrogen (secondary N) is 1. The number of carbonyl (C=O) groups excluding carboxylic acids is 2. The molecule has 2 rings (SSSR count). The largest absolute Gasteiger partial charge is 0.493 e. The van der Waals surface area contributed by atoms with Crippen LogP contribution in [0.1, 0.15) is 51.5 Å². The van der Waals surface area contributed by atoms with Gasteiger partial charge in [0.2, 0.25) is 5.78 Å². The lowest BCUT2D eigenvalue weighted by Gasteiger charge is -2.11. The lowest BCUT2D eigenvalue weighted by atomic mass is 10.1. The summed E-state index contributed by atoms with van der Waals surface area (Å²) < 4.78 is 16.1. The van der Waals surface area contributed by atoms with Crippen LogP contribution in [-0.2, 0) is 4.74 Å². The van der Waals surface area contributed by atoms with E-state index in [-0.39, 0.29) is 24.6 Å². The van der Waals surface area contributed by atoms with E-state index in [0.717, 1.165) is 5.56 Å². The molecule has 0 saturated heterocycles. The van der Waals surface area contributed by atoms with Gasteiger partial charge in [0.25, 0.3) is 0 Å². The van der Waals surface area contributed by atoms with Crippen molar-refractivity contribution in [1.82, 2.24) is 4.98 Å². The van der Waals surface area contributed by atoms with Crippen LogP contribution in [0.15, 0.2) is 24.3 Å². The zero-order valence-corrected chi connectivity index (χ0v) is 16.3. The number of benzene rings is 1. The van der Waals surface area contributed by atoms with Crippen molar-refractivity contribution in [2.24, 2.45) is 0 Å². The van der Waals surface area contributed by atoms with E-state index in [2.05, 4.69) is 4.98 Å². The lowest BCUT2D eigenvalue weighted by molar-refractivity contribution is 0.0522. The van der Waals surface area contributed by atoms with E-state index in [1.54, 1.807) is 33.9 Å². The van der Waals surface area contributed by atoms with Gasteiger partial charge in [-0.25, -0.2) is 4.79 Å². The molecule has 2 aromatic rings. The number of esters is 1. The number of rotatable bonds is 8. The average Bonchev–Trinajstić information content (AvgIpc) is 2.94. The van der Waals surface area contributed by atoms with Crippen molar-refractivity contribution in [2.75, 3.05) is 20.3 Å². The van der Waals surface area contributed by atoms with Gasteiger partial charge in [0, 0.05) is 11.4 Å². The van der Waals surface area contributed by atoms with Crippen molar-refractivity contribution in [3.05, 3.63) is 52.4 Å². The lowest BCUT2D eigenvalue weighted by Crippen LogP contribution is -2.17. The molecule has 1 heterocycles. The van der Waals surface area contributed by atoms with Gasteiger partial charge in [-0.05, 0) is 45.4 Å². The molecule has 0 atom stereocenters. The number of aryl methyl sites for hydroxylation is 2. The molecule has 0 aliphatic rings. The molecule has 0 unspecified atom stereocenters. The molecule has 0 spiro atoms. The molecule has 144 valence electrons. The molecule has 0 radical (unpaired) electrons. The maximum Gasteiger partial charge on any atom is 0.340 e. The highest BCUT2D eigenvalue weighted by Crippen LogP contribution is 2.29. The van der Waals surface area contributed by atoms with E-state index < -0.39 is 5.97 Å². The van der Waals surface area contributed by atoms with Crippen molar-refractivity contribution in [2.45, 2.75) is 27.7 Å². The van der Waals surface area contributed by atoms with Crippen LogP contribution in [0.25, 0.3) is 6.08 Å². The maximum atomic E-state index is 12.7. The molecule has 1 aromatic heterocycles. The minimum absolute atomic E-state index is 0.218. The first-order valence-corrected chi connectivity index (χ1v) is 8.75. The number of aromatic nitrogens is 1. The highest BCUT2D eigenvalue weighted by molar-refractivity contribution is 6.08. The van der Waals surface area contributed by atoms with Crippen LogP contribution in [0.5, 0.6) is 11.5 Å². The first kappa shape index (κ1) is 20.3. The molecule has 0 aliphatic carbocycles. The standard InChI is InChI=1S/C21H25NO5/c1-6-8-15-9-10-17(18(11-15)25-5)27-12-16(23)19-13(3)22-14(4)20(19)21(24)26-7-2/h6,8-11,22H,7,12H2,1-5H3/b8-6+. The molecule has 6 heteroatoms. The zero-order valence-electron chi connectivity index (χ0n) is 16.3. The SMILES string of the molecule is C/C=C/c1ccc(OCC(=O)c2c(C)[nH]c(C)c2C(=O)OCC)c(OC)c1. The maximum absolute atomic E-state index is 12.7. The summed E-state index contributed by atoms with van der Waals surface area (Å²) >= 11 is 0. The number of methoxy groups -OCH3 is 1. The highest BCUT2D eigenvalue weighted by atomic mass is 16.5. The number of Topliss-reactive ketones (excluding diaryl/α,β-unsaturated/α-hetero) is 1. The van der Waals surface area contributed by atoms with E-state index in [1.165, 1.54) is 0 Å². The number of ether oxygens (including phenoxy) is 3. The summed E-state index contributed by atoms with van der Waals surface area (Å²) in [7, 11) is 1.54. The highest BCUT2D eigenvalue weighted by Gasteiger charge is 2.25. The first-order chi connectivity index (χ1) is 12.9. The van der Waals surface area contributed by atoms with Crippen LogP contribution >= 0.6 is 0 Å². The smallest absolute Gasteiger partial charge is 0.340 e. The Hall–Kier alpha value is -3.02. The van der Waals surface area contributed by atoms with E-state index >= 15 is 0 Å². The molecule has 0 bridgehead atoms.